The summed E-state index contributed by atoms with van der Waals surface area (Å²) in [6.45, 7) is 2.97. The SMILES string of the molecule is CCOC(OCC)[C@H](C)NP(=O)(Cl)Oc1ccccc1. The number of ether oxygens (including phenoxy) is 2. The highest BCUT2D eigenvalue weighted by molar-refractivity contribution is 7.84. The number of benzene rings is 1. The first-order valence-electron chi connectivity index (χ1n) is 6.53. The lowest BCUT2D eigenvalue weighted by Crippen LogP contribution is -2.39. The van der Waals surface area contributed by atoms with Crippen molar-refractivity contribution >= 4 is 18.1 Å². The van der Waals surface area contributed by atoms with Gasteiger partial charge in [-0.05, 0) is 32.9 Å². The van der Waals surface area contributed by atoms with Gasteiger partial charge in [-0.2, -0.15) is 0 Å². The van der Waals surface area contributed by atoms with Crippen LogP contribution in [0.2, 0.25) is 0 Å². The van der Waals surface area contributed by atoms with Crippen LogP contribution >= 0.6 is 18.1 Å². The summed E-state index contributed by atoms with van der Waals surface area (Å²) in [6, 6.07) is 8.38. The maximum Gasteiger partial charge on any atom is 0.409 e. The Morgan fingerprint density at radius 3 is 2.25 bits per heavy atom. The number of rotatable bonds is 9. The van der Waals surface area contributed by atoms with Crippen LogP contribution in [0.1, 0.15) is 20.8 Å². The Kier molecular flexibility index (Phi) is 7.56. The molecule has 0 amide bonds. The van der Waals surface area contributed by atoms with Crippen molar-refractivity contribution in [2.75, 3.05) is 13.2 Å². The summed E-state index contributed by atoms with van der Waals surface area (Å²) in [6.07, 6.45) is -0.531. The molecule has 0 saturated carbocycles. The minimum atomic E-state index is -3.51. The van der Waals surface area contributed by atoms with Gasteiger partial charge in [0.05, 0.1) is 6.04 Å². The molecule has 5 nitrogen and oxygen atoms in total. The summed E-state index contributed by atoms with van der Waals surface area (Å²) in [5.41, 5.74) is 0. The first-order chi connectivity index (χ1) is 9.48. The van der Waals surface area contributed by atoms with Gasteiger partial charge in [-0.15, -0.1) is 0 Å². The second kappa shape index (κ2) is 8.65. The van der Waals surface area contributed by atoms with Gasteiger partial charge in [0.25, 0.3) is 0 Å². The molecule has 1 aromatic carbocycles. The molecule has 1 unspecified atom stereocenters. The van der Waals surface area contributed by atoms with E-state index in [1.807, 2.05) is 19.9 Å². The summed E-state index contributed by atoms with van der Waals surface area (Å²) in [5.74, 6) is 0.440. The highest BCUT2D eigenvalue weighted by atomic mass is 35.7. The van der Waals surface area contributed by atoms with Gasteiger partial charge in [-0.25, -0.2) is 9.65 Å². The third-order valence-corrected chi connectivity index (χ3v) is 4.06. The molecule has 2 atom stereocenters. The zero-order valence-electron chi connectivity index (χ0n) is 11.9. The second-order valence-electron chi connectivity index (χ2n) is 4.08. The Labute approximate surface area is 124 Å². The van der Waals surface area contributed by atoms with Crippen LogP contribution in [0, 0.1) is 0 Å². The van der Waals surface area contributed by atoms with E-state index < -0.39 is 13.2 Å². The maximum absolute atomic E-state index is 12.2. The second-order valence-corrected chi connectivity index (χ2v) is 6.82. The zero-order valence-corrected chi connectivity index (χ0v) is 13.6. The standard InChI is InChI=1S/C13H21ClNO4P/c1-4-17-13(18-5-2)11(3)15-20(14,16)19-12-9-7-6-8-10-12/h6-11,13H,4-5H2,1-3H3,(H,15,16)/t11-,20?/m0/s1. The van der Waals surface area contributed by atoms with Crippen molar-refractivity contribution < 1.29 is 18.6 Å². The van der Waals surface area contributed by atoms with Gasteiger partial charge in [-0.3, -0.25) is 0 Å². The molecule has 0 aliphatic carbocycles. The summed E-state index contributed by atoms with van der Waals surface area (Å²) < 4.78 is 28.3. The Bertz CT molecular complexity index is 426. The number of halogens is 1. The third kappa shape index (κ3) is 6.25. The van der Waals surface area contributed by atoms with E-state index in [-0.39, 0.29) is 6.04 Å². The van der Waals surface area contributed by atoms with E-state index in [4.69, 9.17) is 25.2 Å². The number of hydrogen-bond acceptors (Lipinski definition) is 4. The summed E-state index contributed by atoms with van der Waals surface area (Å²) in [7, 11) is 0. The van der Waals surface area contributed by atoms with E-state index in [1.54, 1.807) is 31.2 Å². The average Bonchev–Trinajstić information content (AvgIpc) is 2.38. The molecule has 0 aromatic heterocycles. The Balaban J connectivity index is 2.61. The lowest BCUT2D eigenvalue weighted by Gasteiger charge is -2.26. The van der Waals surface area contributed by atoms with Crippen LogP contribution < -0.4 is 9.61 Å². The molecule has 1 rings (SSSR count). The summed E-state index contributed by atoms with van der Waals surface area (Å²) in [5, 5.41) is 2.72. The molecule has 0 saturated heterocycles. The fourth-order valence-electron chi connectivity index (χ4n) is 1.61. The van der Waals surface area contributed by atoms with Crippen LogP contribution in [0.3, 0.4) is 0 Å². The van der Waals surface area contributed by atoms with E-state index in [0.29, 0.717) is 19.0 Å². The molecular formula is C13H21ClNO4P. The van der Waals surface area contributed by atoms with Crippen molar-refractivity contribution in [1.29, 1.82) is 0 Å². The fourth-order valence-corrected chi connectivity index (χ4v) is 3.37. The Morgan fingerprint density at radius 1 is 1.20 bits per heavy atom. The predicted octanol–water partition coefficient (Wildman–Crippen LogP) is 3.79. The van der Waals surface area contributed by atoms with Crippen molar-refractivity contribution in [3.8, 4) is 5.75 Å². The molecule has 0 bridgehead atoms. The zero-order chi connectivity index (χ0) is 15.0. The van der Waals surface area contributed by atoms with Crippen LogP contribution in [-0.2, 0) is 14.0 Å². The van der Waals surface area contributed by atoms with Crippen LogP contribution in [0.25, 0.3) is 0 Å². The highest BCUT2D eigenvalue weighted by Crippen LogP contribution is 2.48. The van der Waals surface area contributed by atoms with Gasteiger partial charge in [0.15, 0.2) is 6.29 Å². The van der Waals surface area contributed by atoms with Crippen molar-refractivity contribution in [2.24, 2.45) is 0 Å². The minimum absolute atomic E-state index is 0.373. The van der Waals surface area contributed by atoms with Crippen molar-refractivity contribution in [3.05, 3.63) is 30.3 Å². The van der Waals surface area contributed by atoms with Crippen LogP contribution in [0.15, 0.2) is 30.3 Å². The lowest BCUT2D eigenvalue weighted by atomic mass is 10.3. The fraction of sp³-hybridized carbons (Fsp3) is 0.538. The quantitative estimate of drug-likeness (QED) is 0.554. The Hall–Kier alpha value is -0.580. The lowest BCUT2D eigenvalue weighted by molar-refractivity contribution is -0.148. The first-order valence-corrected chi connectivity index (χ1v) is 9.06. The smallest absolute Gasteiger partial charge is 0.409 e. The molecule has 7 heteroatoms. The summed E-state index contributed by atoms with van der Waals surface area (Å²) >= 11 is 5.92. The maximum atomic E-state index is 12.2. The monoisotopic (exact) mass is 321 g/mol. The Morgan fingerprint density at radius 2 is 1.75 bits per heavy atom. The van der Waals surface area contributed by atoms with Gasteiger partial charge in [0, 0.05) is 24.5 Å². The molecular weight excluding hydrogens is 301 g/mol. The first kappa shape index (κ1) is 17.5. The predicted molar refractivity (Wildman–Crippen MR) is 80.2 cm³/mol. The summed E-state index contributed by atoms with van der Waals surface area (Å²) in [4.78, 5) is 0. The molecule has 0 radical (unpaired) electrons. The molecule has 0 spiro atoms. The topological polar surface area (TPSA) is 56.8 Å². The molecule has 20 heavy (non-hydrogen) atoms. The van der Waals surface area contributed by atoms with Gasteiger partial charge >= 0.3 is 6.87 Å². The van der Waals surface area contributed by atoms with Crippen LogP contribution in [0.5, 0.6) is 5.75 Å². The van der Waals surface area contributed by atoms with Gasteiger partial charge < -0.3 is 14.0 Å². The molecule has 0 aliphatic heterocycles. The molecule has 114 valence electrons. The van der Waals surface area contributed by atoms with E-state index in [1.165, 1.54) is 0 Å². The van der Waals surface area contributed by atoms with Crippen molar-refractivity contribution in [1.82, 2.24) is 5.09 Å². The van der Waals surface area contributed by atoms with Crippen molar-refractivity contribution in [3.63, 3.8) is 0 Å². The van der Waals surface area contributed by atoms with Gasteiger partial charge in [-0.1, -0.05) is 18.2 Å². The number of hydrogen-bond donors (Lipinski definition) is 1. The average molecular weight is 322 g/mol. The number of para-hydroxylation sites is 1. The van der Waals surface area contributed by atoms with Gasteiger partial charge in [0.2, 0.25) is 0 Å². The van der Waals surface area contributed by atoms with Crippen LogP contribution in [0.4, 0.5) is 0 Å². The van der Waals surface area contributed by atoms with Crippen LogP contribution in [-0.4, -0.2) is 25.5 Å². The largest absolute Gasteiger partial charge is 0.422 e. The molecule has 1 aromatic rings. The van der Waals surface area contributed by atoms with Crippen molar-refractivity contribution in [2.45, 2.75) is 33.1 Å². The molecule has 0 fully saturated rings. The normalized spacial score (nSPS) is 15.8. The minimum Gasteiger partial charge on any atom is -0.422 e. The molecule has 0 aliphatic rings. The molecule has 1 N–H and O–H groups in total. The van der Waals surface area contributed by atoms with E-state index in [9.17, 15) is 4.57 Å². The third-order valence-electron chi connectivity index (χ3n) is 2.39. The van der Waals surface area contributed by atoms with E-state index in [2.05, 4.69) is 5.09 Å². The van der Waals surface area contributed by atoms with Gasteiger partial charge in [0.1, 0.15) is 5.75 Å². The molecule has 0 heterocycles. The number of nitrogens with one attached hydrogen (secondary N) is 1. The van der Waals surface area contributed by atoms with E-state index in [0.717, 1.165) is 0 Å². The van der Waals surface area contributed by atoms with E-state index >= 15 is 0 Å². The highest BCUT2D eigenvalue weighted by Gasteiger charge is 2.28.